The summed E-state index contributed by atoms with van der Waals surface area (Å²) in [6.45, 7) is 3.44. The second kappa shape index (κ2) is 5.19. The molecule has 0 atom stereocenters. The number of hydrogen-bond donors (Lipinski definition) is 1. The van der Waals surface area contributed by atoms with Crippen molar-refractivity contribution >= 4 is 11.9 Å². The van der Waals surface area contributed by atoms with Gasteiger partial charge in [-0.15, -0.1) is 0 Å². The maximum atomic E-state index is 13.7. The highest BCUT2D eigenvalue weighted by Gasteiger charge is 2.50. The molecule has 1 heterocycles. The van der Waals surface area contributed by atoms with Crippen LogP contribution in [0.5, 0.6) is 0 Å². The number of amides is 3. The van der Waals surface area contributed by atoms with Gasteiger partial charge in [0.2, 0.25) is 0 Å². The molecule has 0 saturated carbocycles. The van der Waals surface area contributed by atoms with Crippen LogP contribution in [-0.2, 0) is 11.3 Å². The zero-order chi connectivity index (χ0) is 14.9. The van der Waals surface area contributed by atoms with Gasteiger partial charge in [0.05, 0.1) is 6.54 Å². The standard InChI is InChI=1S/C14H16F2N2O2/c1-3-14(4-2)12(19)17-13(20)18(14)8-9-6-5-7-10(15)11(9)16/h5-7H,3-4,8H2,1-2H3,(H,17,19,20). The van der Waals surface area contributed by atoms with Crippen LogP contribution in [0.3, 0.4) is 0 Å². The lowest BCUT2D eigenvalue weighted by atomic mass is 9.91. The normalized spacial score (nSPS) is 17.5. The lowest BCUT2D eigenvalue weighted by Crippen LogP contribution is -2.48. The number of hydrogen-bond acceptors (Lipinski definition) is 2. The highest BCUT2D eigenvalue weighted by molar-refractivity contribution is 6.06. The van der Waals surface area contributed by atoms with E-state index in [0.717, 1.165) is 6.07 Å². The summed E-state index contributed by atoms with van der Waals surface area (Å²) in [6, 6.07) is 3.23. The highest BCUT2D eigenvalue weighted by Crippen LogP contribution is 2.31. The smallest absolute Gasteiger partial charge is 0.305 e. The number of urea groups is 1. The monoisotopic (exact) mass is 282 g/mol. The summed E-state index contributed by atoms with van der Waals surface area (Å²) in [5, 5.41) is 2.25. The van der Waals surface area contributed by atoms with E-state index in [9.17, 15) is 18.4 Å². The van der Waals surface area contributed by atoms with Gasteiger partial charge in [0.25, 0.3) is 5.91 Å². The molecule has 3 amide bonds. The van der Waals surface area contributed by atoms with Crippen molar-refractivity contribution in [2.24, 2.45) is 0 Å². The molecule has 0 radical (unpaired) electrons. The van der Waals surface area contributed by atoms with Gasteiger partial charge in [-0.05, 0) is 18.9 Å². The van der Waals surface area contributed by atoms with E-state index < -0.39 is 23.2 Å². The predicted octanol–water partition coefficient (Wildman–Crippen LogP) is 2.58. The first-order valence-electron chi connectivity index (χ1n) is 6.52. The van der Waals surface area contributed by atoms with Gasteiger partial charge in [0, 0.05) is 5.56 Å². The molecule has 1 N–H and O–H groups in total. The number of carbonyl (C=O) groups excluding carboxylic acids is 2. The molecular formula is C14H16F2N2O2. The number of nitrogens with one attached hydrogen (secondary N) is 1. The Balaban J connectivity index is 2.38. The number of nitrogens with zero attached hydrogens (tertiary/aromatic N) is 1. The van der Waals surface area contributed by atoms with E-state index in [1.807, 2.05) is 0 Å². The zero-order valence-corrected chi connectivity index (χ0v) is 11.4. The molecule has 1 aromatic rings. The minimum atomic E-state index is -0.990. The second-order valence-electron chi connectivity index (χ2n) is 4.80. The largest absolute Gasteiger partial charge is 0.325 e. The Labute approximate surface area is 115 Å². The molecule has 0 aromatic heterocycles. The molecule has 108 valence electrons. The van der Waals surface area contributed by atoms with Crippen LogP contribution in [-0.4, -0.2) is 22.4 Å². The third-order valence-corrected chi connectivity index (χ3v) is 3.93. The van der Waals surface area contributed by atoms with Crippen molar-refractivity contribution in [2.45, 2.75) is 38.8 Å². The number of imide groups is 1. The van der Waals surface area contributed by atoms with Crippen molar-refractivity contribution in [3.63, 3.8) is 0 Å². The third-order valence-electron chi connectivity index (χ3n) is 3.93. The third kappa shape index (κ3) is 2.05. The van der Waals surface area contributed by atoms with Gasteiger partial charge in [-0.3, -0.25) is 10.1 Å². The van der Waals surface area contributed by atoms with Crippen LogP contribution < -0.4 is 5.32 Å². The summed E-state index contributed by atoms with van der Waals surface area (Å²) in [4.78, 5) is 25.2. The molecule has 0 bridgehead atoms. The van der Waals surface area contributed by atoms with Gasteiger partial charge in [-0.2, -0.15) is 0 Å². The Morgan fingerprint density at radius 2 is 1.85 bits per heavy atom. The molecule has 1 fully saturated rings. The molecule has 0 unspecified atom stereocenters. The average molecular weight is 282 g/mol. The SMILES string of the molecule is CCC1(CC)C(=O)NC(=O)N1Cc1cccc(F)c1F. The van der Waals surface area contributed by atoms with Crippen molar-refractivity contribution in [1.82, 2.24) is 10.2 Å². The minimum Gasteiger partial charge on any atom is -0.305 e. The fraction of sp³-hybridized carbons (Fsp3) is 0.429. The molecule has 1 saturated heterocycles. The van der Waals surface area contributed by atoms with E-state index in [0.29, 0.717) is 12.8 Å². The van der Waals surface area contributed by atoms with Crippen molar-refractivity contribution in [1.29, 1.82) is 0 Å². The molecule has 6 heteroatoms. The van der Waals surface area contributed by atoms with Crippen LogP contribution in [0.15, 0.2) is 18.2 Å². The van der Waals surface area contributed by atoms with Crippen molar-refractivity contribution in [2.75, 3.05) is 0 Å². The number of rotatable bonds is 4. The summed E-state index contributed by atoms with van der Waals surface area (Å²) >= 11 is 0. The average Bonchev–Trinajstić information content (AvgIpc) is 2.66. The van der Waals surface area contributed by atoms with Crippen LogP contribution in [0.1, 0.15) is 32.3 Å². The van der Waals surface area contributed by atoms with Gasteiger partial charge in [-0.1, -0.05) is 26.0 Å². The van der Waals surface area contributed by atoms with Crippen LogP contribution in [0.25, 0.3) is 0 Å². The maximum Gasteiger partial charge on any atom is 0.325 e. The molecule has 1 aliphatic rings. The van der Waals surface area contributed by atoms with Crippen molar-refractivity contribution in [3.05, 3.63) is 35.4 Å². The van der Waals surface area contributed by atoms with Crippen molar-refractivity contribution < 1.29 is 18.4 Å². The summed E-state index contributed by atoms with van der Waals surface area (Å²) in [5.41, 5.74) is -0.934. The Bertz CT molecular complexity index is 556. The van der Waals surface area contributed by atoms with E-state index in [2.05, 4.69) is 5.32 Å². The Kier molecular flexibility index (Phi) is 3.74. The molecule has 1 aliphatic heterocycles. The van der Waals surface area contributed by atoms with E-state index >= 15 is 0 Å². The molecule has 2 rings (SSSR count). The van der Waals surface area contributed by atoms with E-state index in [-0.39, 0.29) is 18.0 Å². The van der Waals surface area contributed by atoms with Gasteiger partial charge in [-0.25, -0.2) is 13.6 Å². The highest BCUT2D eigenvalue weighted by atomic mass is 19.2. The van der Waals surface area contributed by atoms with Gasteiger partial charge >= 0.3 is 6.03 Å². The summed E-state index contributed by atoms with van der Waals surface area (Å²) in [7, 11) is 0. The quantitative estimate of drug-likeness (QED) is 0.863. The number of benzene rings is 1. The lowest BCUT2D eigenvalue weighted by molar-refractivity contribution is -0.127. The fourth-order valence-electron chi connectivity index (χ4n) is 2.61. The Morgan fingerprint density at radius 1 is 1.20 bits per heavy atom. The summed E-state index contributed by atoms with van der Waals surface area (Å²) in [6.07, 6.45) is 0.829. The molecular weight excluding hydrogens is 266 g/mol. The Hall–Kier alpha value is -1.98. The topological polar surface area (TPSA) is 49.4 Å². The maximum absolute atomic E-state index is 13.7. The van der Waals surface area contributed by atoms with Crippen LogP contribution in [0.4, 0.5) is 13.6 Å². The number of carbonyl (C=O) groups is 2. The summed E-state index contributed by atoms with van der Waals surface area (Å²) < 4.78 is 26.9. The van der Waals surface area contributed by atoms with Crippen LogP contribution >= 0.6 is 0 Å². The Morgan fingerprint density at radius 3 is 2.45 bits per heavy atom. The first kappa shape index (κ1) is 14.4. The van der Waals surface area contributed by atoms with Gasteiger partial charge in [0.1, 0.15) is 5.54 Å². The summed E-state index contributed by atoms with van der Waals surface area (Å²) in [5.74, 6) is -2.34. The molecule has 1 aromatic carbocycles. The fourth-order valence-corrected chi connectivity index (χ4v) is 2.61. The van der Waals surface area contributed by atoms with Gasteiger partial charge in [0.15, 0.2) is 11.6 Å². The first-order chi connectivity index (χ1) is 9.46. The number of halogens is 2. The lowest BCUT2D eigenvalue weighted by Gasteiger charge is -2.33. The van der Waals surface area contributed by atoms with Crippen molar-refractivity contribution in [3.8, 4) is 0 Å². The molecule has 0 spiro atoms. The van der Waals surface area contributed by atoms with Gasteiger partial charge < -0.3 is 4.90 Å². The molecule has 4 nitrogen and oxygen atoms in total. The van der Waals surface area contributed by atoms with E-state index in [1.165, 1.54) is 17.0 Å². The van der Waals surface area contributed by atoms with E-state index in [4.69, 9.17) is 0 Å². The molecule has 0 aliphatic carbocycles. The predicted molar refractivity (Wildman–Crippen MR) is 68.8 cm³/mol. The zero-order valence-electron chi connectivity index (χ0n) is 11.4. The second-order valence-corrected chi connectivity index (χ2v) is 4.80. The minimum absolute atomic E-state index is 0.0566. The van der Waals surface area contributed by atoms with Crippen LogP contribution in [0.2, 0.25) is 0 Å². The van der Waals surface area contributed by atoms with Crippen LogP contribution in [0, 0.1) is 11.6 Å². The van der Waals surface area contributed by atoms with E-state index in [1.54, 1.807) is 13.8 Å². The first-order valence-corrected chi connectivity index (χ1v) is 6.52. The molecule has 20 heavy (non-hydrogen) atoms.